The molecule has 2 fully saturated rings. The Kier molecular flexibility index (Phi) is 10.1. The highest BCUT2D eigenvalue weighted by molar-refractivity contribution is 7.89. The van der Waals surface area contributed by atoms with Gasteiger partial charge in [-0.15, -0.1) is 5.10 Å². The monoisotopic (exact) mass is 850 g/mol. The summed E-state index contributed by atoms with van der Waals surface area (Å²) in [5.41, 5.74) is -2.54. The molecule has 3 aliphatic rings. The lowest BCUT2D eigenvalue weighted by molar-refractivity contribution is -0.137. The number of ether oxygens (including phenoxy) is 1. The number of pyridine rings is 1. The van der Waals surface area contributed by atoms with Crippen molar-refractivity contribution in [3.8, 4) is 17.1 Å². The van der Waals surface area contributed by atoms with Crippen molar-refractivity contribution >= 4 is 33.3 Å². The predicted molar refractivity (Wildman–Crippen MR) is 208 cm³/mol. The van der Waals surface area contributed by atoms with E-state index in [0.29, 0.717) is 11.3 Å². The zero-order valence-corrected chi connectivity index (χ0v) is 33.5. The van der Waals surface area contributed by atoms with Crippen molar-refractivity contribution < 1.29 is 46.1 Å². The molecule has 3 aromatic heterocycles. The highest BCUT2D eigenvalue weighted by Crippen LogP contribution is 2.48. The van der Waals surface area contributed by atoms with Crippen LogP contribution in [0.3, 0.4) is 0 Å². The molecule has 6 heterocycles. The number of nitrogens with one attached hydrogen (secondary N) is 1. The van der Waals surface area contributed by atoms with Crippen molar-refractivity contribution in [2.24, 2.45) is 0 Å². The number of sulfonamides is 1. The first kappa shape index (κ1) is 41.1. The van der Waals surface area contributed by atoms with Gasteiger partial charge in [-0.3, -0.25) is 14.4 Å². The topological polar surface area (TPSA) is 202 Å². The van der Waals surface area contributed by atoms with Gasteiger partial charge in [0, 0.05) is 43.6 Å². The summed E-state index contributed by atoms with van der Waals surface area (Å²) in [6, 6.07) is 11.6. The van der Waals surface area contributed by atoms with Gasteiger partial charge in [-0.05, 0) is 107 Å². The van der Waals surface area contributed by atoms with Gasteiger partial charge >= 0.3 is 6.18 Å². The molecular formula is C40H41F3N8O8S. The fraction of sp³-hybridized carbons (Fsp3) is 0.400. The minimum absolute atomic E-state index is 0.0151. The number of hydrogen-bond acceptors (Lipinski definition) is 11. The van der Waals surface area contributed by atoms with Crippen LogP contribution in [0.25, 0.3) is 17.2 Å². The van der Waals surface area contributed by atoms with Gasteiger partial charge in [0.05, 0.1) is 33.4 Å². The van der Waals surface area contributed by atoms with Crippen molar-refractivity contribution in [2.45, 2.75) is 81.4 Å². The number of piperidine rings is 2. The maximum absolute atomic E-state index is 14.6. The quantitative estimate of drug-likeness (QED) is 0.210. The minimum atomic E-state index is -4.58. The number of likely N-dealkylation sites (tertiary alicyclic amines) is 1. The molecule has 0 unspecified atom stereocenters. The smallest absolute Gasteiger partial charge is 0.416 e. The third kappa shape index (κ3) is 7.30. The number of carbonyl (C=O) groups is 2. The molecular weight excluding hydrogens is 810 g/mol. The number of aromatic nitrogens is 5. The van der Waals surface area contributed by atoms with E-state index in [0.717, 1.165) is 22.7 Å². The van der Waals surface area contributed by atoms with Gasteiger partial charge in [0.1, 0.15) is 17.9 Å². The molecule has 3 N–H and O–H groups in total. The van der Waals surface area contributed by atoms with Gasteiger partial charge in [0.15, 0.2) is 11.5 Å². The van der Waals surface area contributed by atoms with E-state index in [-0.39, 0.29) is 96.6 Å². The second kappa shape index (κ2) is 14.8. The maximum Gasteiger partial charge on any atom is 0.416 e. The van der Waals surface area contributed by atoms with Crippen LogP contribution < -0.4 is 10.9 Å². The Bertz CT molecular complexity index is 2700. The average Bonchev–Trinajstić information content (AvgIpc) is 3.77. The number of amides is 2. The number of carbonyl (C=O) groups excluding carboxylic acids is 2. The fourth-order valence-corrected chi connectivity index (χ4v) is 9.69. The molecule has 2 saturated heterocycles. The molecule has 20 heteroatoms. The summed E-state index contributed by atoms with van der Waals surface area (Å²) in [5, 5.41) is 27.8. The summed E-state index contributed by atoms with van der Waals surface area (Å²) in [6.45, 7) is 4.91. The Morgan fingerprint density at radius 3 is 2.33 bits per heavy atom. The van der Waals surface area contributed by atoms with Crippen molar-refractivity contribution in [3.05, 3.63) is 99.2 Å². The molecule has 16 nitrogen and oxygen atoms in total. The summed E-state index contributed by atoms with van der Waals surface area (Å²) in [4.78, 5) is 52.0. The van der Waals surface area contributed by atoms with E-state index in [2.05, 4.69) is 20.4 Å². The van der Waals surface area contributed by atoms with Crippen LogP contribution in [0.5, 0.6) is 5.75 Å². The van der Waals surface area contributed by atoms with E-state index in [1.165, 1.54) is 63.3 Å². The lowest BCUT2D eigenvalue weighted by atomic mass is 9.85. The lowest BCUT2D eigenvalue weighted by Gasteiger charge is -2.39. The van der Waals surface area contributed by atoms with Gasteiger partial charge in [0.25, 0.3) is 11.5 Å². The average molecular weight is 851 g/mol. The van der Waals surface area contributed by atoms with Crippen molar-refractivity contribution in [2.75, 3.05) is 31.5 Å². The van der Waals surface area contributed by atoms with E-state index in [1.807, 2.05) is 0 Å². The number of halogens is 3. The Morgan fingerprint density at radius 2 is 1.70 bits per heavy atom. The van der Waals surface area contributed by atoms with Crippen molar-refractivity contribution in [3.63, 3.8) is 0 Å². The number of nitrogens with zero attached hydrogens (tertiary/aromatic N) is 7. The largest absolute Gasteiger partial charge is 0.505 e. The maximum atomic E-state index is 14.6. The minimum Gasteiger partial charge on any atom is -0.505 e. The third-order valence-electron chi connectivity index (χ3n) is 11.6. The Labute approximate surface area is 341 Å². The third-order valence-corrected chi connectivity index (χ3v) is 13.5. The molecule has 1 atom stereocenters. The number of rotatable bonds is 7. The van der Waals surface area contributed by atoms with Crippen molar-refractivity contribution in [1.29, 1.82) is 0 Å². The molecule has 0 saturated carbocycles. The molecule has 3 aliphatic heterocycles. The number of aromatic hydroxyl groups is 1. The van der Waals surface area contributed by atoms with Crippen LogP contribution in [0.1, 0.15) is 78.5 Å². The second-order valence-electron chi connectivity index (χ2n) is 15.7. The molecule has 0 bridgehead atoms. The van der Waals surface area contributed by atoms with Crippen molar-refractivity contribution in [1.82, 2.24) is 33.4 Å². The fourth-order valence-electron chi connectivity index (χ4n) is 8.25. The zero-order valence-electron chi connectivity index (χ0n) is 32.7. The number of aliphatic hydroxyl groups is 1. The Balaban J connectivity index is 1.16. The molecule has 2 aromatic carbocycles. The van der Waals surface area contributed by atoms with Crippen LogP contribution in [-0.4, -0.2) is 95.6 Å². The Morgan fingerprint density at radius 1 is 1.02 bits per heavy atom. The number of alkyl halides is 3. The van der Waals surface area contributed by atoms with Gasteiger partial charge in [-0.25, -0.2) is 13.4 Å². The molecule has 60 heavy (non-hydrogen) atoms. The second-order valence-corrected chi connectivity index (χ2v) is 17.7. The predicted octanol–water partition coefficient (Wildman–Crippen LogP) is 4.38. The van der Waals surface area contributed by atoms with E-state index in [1.54, 1.807) is 13.8 Å². The molecule has 316 valence electrons. The van der Waals surface area contributed by atoms with Crippen LogP contribution in [-0.2, 0) is 37.9 Å². The summed E-state index contributed by atoms with van der Waals surface area (Å²) < 4.78 is 77.5. The summed E-state index contributed by atoms with van der Waals surface area (Å²) >= 11 is 0. The summed E-state index contributed by atoms with van der Waals surface area (Å²) in [7, 11) is -3.89. The molecule has 5 aromatic rings. The van der Waals surface area contributed by atoms with E-state index in [9.17, 15) is 46.2 Å². The van der Waals surface area contributed by atoms with Crippen LogP contribution >= 0.6 is 0 Å². The van der Waals surface area contributed by atoms with Gasteiger partial charge in [-0.2, -0.15) is 27.0 Å². The van der Waals surface area contributed by atoms with Gasteiger partial charge in [-0.1, -0.05) is 0 Å². The number of benzene rings is 2. The van der Waals surface area contributed by atoms with E-state index >= 15 is 0 Å². The zero-order chi connectivity index (χ0) is 42.9. The molecule has 0 aliphatic carbocycles. The summed E-state index contributed by atoms with van der Waals surface area (Å²) in [6.07, 6.45) is -3.07. The highest BCUT2D eigenvalue weighted by Gasteiger charge is 2.51. The first-order valence-electron chi connectivity index (χ1n) is 19.2. The normalized spacial score (nSPS) is 19.1. The standard InChI is InChI=1S/C40H41F3N8O8S/c1-23-21-26(40(41,42)43)8-11-28(23)45-30(53)22-50-33-24(2)59-39(14-17-48(18-15-39)36(55)32-29(52)5-4-16-44-32)31(33)35(54)51-37(50)46-34(47-51)25-6-9-27(10-7-25)60(57,58)49-19-12-38(3,56)13-20-49/h4-11,16,21,24,52,56H,12-15,17-20,22H2,1-3H3,(H,45,53)/t24-/m1/s1. The number of fused-ring (bicyclic) bond motifs is 3. The van der Waals surface area contributed by atoms with E-state index in [4.69, 9.17) is 4.74 Å². The lowest BCUT2D eigenvalue weighted by Crippen LogP contribution is -2.47. The number of aryl methyl sites for hydroxylation is 1. The Hall–Kier alpha value is -5.70. The number of anilines is 1. The highest BCUT2D eigenvalue weighted by atomic mass is 32.2. The number of hydrogen-bond donors (Lipinski definition) is 3. The molecule has 0 radical (unpaired) electrons. The molecule has 2 amide bonds. The SMILES string of the molecule is Cc1cc(C(F)(F)F)ccc1NC(=O)Cn1c2c(c(=O)n3nc(-c4ccc(S(=O)(=O)N5CCC(C)(O)CC5)cc4)nc13)C1(CCN(C(=O)c3ncccc3O)CC1)O[C@@H]2C. The van der Waals surface area contributed by atoms with E-state index < -0.39 is 63.0 Å². The van der Waals surface area contributed by atoms with Crippen LogP contribution in [0, 0.1) is 6.92 Å². The van der Waals surface area contributed by atoms with Gasteiger partial charge < -0.3 is 29.7 Å². The molecule has 1 spiro atoms. The van der Waals surface area contributed by atoms with Gasteiger partial charge in [0.2, 0.25) is 21.7 Å². The van der Waals surface area contributed by atoms with Crippen LogP contribution in [0.4, 0.5) is 18.9 Å². The molecule has 8 rings (SSSR count). The van der Waals surface area contributed by atoms with Crippen LogP contribution in [0.2, 0.25) is 0 Å². The first-order valence-corrected chi connectivity index (χ1v) is 20.7. The summed E-state index contributed by atoms with van der Waals surface area (Å²) in [5.74, 6) is -1.42. The van der Waals surface area contributed by atoms with Crippen LogP contribution in [0.15, 0.2) is 70.5 Å². The first-order chi connectivity index (χ1) is 28.3.